The maximum Gasteiger partial charge on any atom is 0.267 e. The predicted octanol–water partition coefficient (Wildman–Crippen LogP) is 2.97. The van der Waals surface area contributed by atoms with E-state index in [-0.39, 0.29) is 18.3 Å². The highest BCUT2D eigenvalue weighted by atomic mass is 35.5. The van der Waals surface area contributed by atoms with Crippen LogP contribution in [-0.2, 0) is 0 Å². The summed E-state index contributed by atoms with van der Waals surface area (Å²) in [5.41, 5.74) is 1.12. The Balaban J connectivity index is 0.00000210. The lowest BCUT2D eigenvalue weighted by Crippen LogP contribution is -2.49. The lowest BCUT2D eigenvalue weighted by atomic mass is 10.2. The van der Waals surface area contributed by atoms with Gasteiger partial charge in [0.25, 0.3) is 5.91 Å². The van der Waals surface area contributed by atoms with Crippen molar-refractivity contribution in [1.82, 2.24) is 15.1 Å². The first-order valence-corrected chi connectivity index (χ1v) is 10.0. The number of nitrogens with one attached hydrogen (secondary N) is 1. The Morgan fingerprint density at radius 3 is 2.63 bits per heavy atom. The fourth-order valence-corrected chi connectivity index (χ4v) is 4.93. The molecule has 2 aliphatic heterocycles. The van der Waals surface area contributed by atoms with Crippen molar-refractivity contribution in [2.45, 2.75) is 12.5 Å². The fourth-order valence-electron chi connectivity index (χ4n) is 3.83. The first kappa shape index (κ1) is 20.1. The molecular formula is C20H26ClN3O2S. The fraction of sp³-hybridized carbons (Fsp3) is 0.450. The van der Waals surface area contributed by atoms with Gasteiger partial charge >= 0.3 is 0 Å². The molecular weight excluding hydrogens is 382 g/mol. The summed E-state index contributed by atoms with van der Waals surface area (Å²) in [7, 11) is 1.64. The van der Waals surface area contributed by atoms with Crippen molar-refractivity contribution < 1.29 is 9.53 Å². The highest BCUT2D eigenvalue weighted by Gasteiger charge is 2.33. The molecule has 1 N–H and O–H groups in total. The predicted molar refractivity (Wildman–Crippen MR) is 112 cm³/mol. The molecule has 2 saturated heterocycles. The molecule has 7 heteroatoms. The van der Waals surface area contributed by atoms with Gasteiger partial charge in [0.1, 0.15) is 10.6 Å². The van der Waals surface area contributed by atoms with Crippen molar-refractivity contribution in [3.05, 3.63) is 41.3 Å². The molecule has 27 heavy (non-hydrogen) atoms. The summed E-state index contributed by atoms with van der Waals surface area (Å²) in [6, 6.07) is 12.6. The molecule has 1 amide bonds. The molecule has 146 valence electrons. The third-order valence-corrected chi connectivity index (χ3v) is 6.44. The van der Waals surface area contributed by atoms with Gasteiger partial charge in [-0.25, -0.2) is 0 Å². The average molecular weight is 408 g/mol. The van der Waals surface area contributed by atoms with Crippen molar-refractivity contribution in [1.29, 1.82) is 0 Å². The van der Waals surface area contributed by atoms with E-state index in [0.29, 0.717) is 16.7 Å². The Labute approximate surface area is 170 Å². The van der Waals surface area contributed by atoms with Crippen LogP contribution in [0, 0.1) is 0 Å². The van der Waals surface area contributed by atoms with Crippen LogP contribution in [0.3, 0.4) is 0 Å². The van der Waals surface area contributed by atoms with Crippen LogP contribution in [0.15, 0.2) is 36.4 Å². The quantitative estimate of drug-likeness (QED) is 0.846. The zero-order valence-corrected chi connectivity index (χ0v) is 17.2. The van der Waals surface area contributed by atoms with Gasteiger partial charge in [-0.2, -0.15) is 0 Å². The lowest BCUT2D eigenvalue weighted by molar-refractivity contribution is 0.0775. The van der Waals surface area contributed by atoms with E-state index in [9.17, 15) is 4.79 Å². The van der Waals surface area contributed by atoms with Crippen LogP contribution in [-0.4, -0.2) is 68.1 Å². The van der Waals surface area contributed by atoms with Crippen molar-refractivity contribution in [2.24, 2.45) is 0 Å². The normalized spacial score (nSPS) is 20.3. The monoisotopic (exact) mass is 407 g/mol. The number of benzene rings is 1. The minimum absolute atomic E-state index is 0. The molecule has 0 spiro atoms. The van der Waals surface area contributed by atoms with E-state index >= 15 is 0 Å². The summed E-state index contributed by atoms with van der Waals surface area (Å²) in [4.78, 5) is 19.4. The van der Waals surface area contributed by atoms with Gasteiger partial charge in [-0.1, -0.05) is 30.3 Å². The molecule has 1 aromatic heterocycles. The first-order valence-electron chi connectivity index (χ1n) is 9.23. The number of nitrogens with zero attached hydrogens (tertiary/aromatic N) is 2. The van der Waals surface area contributed by atoms with Gasteiger partial charge in [0.2, 0.25) is 0 Å². The van der Waals surface area contributed by atoms with Crippen molar-refractivity contribution in [2.75, 3.05) is 46.4 Å². The van der Waals surface area contributed by atoms with E-state index in [4.69, 9.17) is 4.74 Å². The molecule has 0 aliphatic carbocycles. The Morgan fingerprint density at radius 2 is 1.93 bits per heavy atom. The van der Waals surface area contributed by atoms with E-state index in [0.717, 1.165) is 56.1 Å². The van der Waals surface area contributed by atoms with Gasteiger partial charge in [0.15, 0.2) is 0 Å². The number of hydrogen-bond donors (Lipinski definition) is 1. The molecule has 0 saturated carbocycles. The molecule has 1 unspecified atom stereocenters. The summed E-state index contributed by atoms with van der Waals surface area (Å²) < 4.78 is 5.52. The number of amides is 1. The van der Waals surface area contributed by atoms with E-state index in [1.54, 1.807) is 7.11 Å². The van der Waals surface area contributed by atoms with Gasteiger partial charge in [-0.3, -0.25) is 9.69 Å². The molecule has 3 heterocycles. The second-order valence-electron chi connectivity index (χ2n) is 6.85. The van der Waals surface area contributed by atoms with Gasteiger partial charge in [0, 0.05) is 50.2 Å². The third kappa shape index (κ3) is 4.29. The molecule has 1 aromatic carbocycles. The first-order chi connectivity index (χ1) is 12.8. The number of thiophene rings is 1. The summed E-state index contributed by atoms with van der Waals surface area (Å²) in [6.45, 7) is 5.89. The number of carbonyl (C=O) groups is 1. The Hall–Kier alpha value is -1.60. The van der Waals surface area contributed by atoms with Crippen LogP contribution >= 0.6 is 23.7 Å². The SMILES string of the molecule is COc1cc(-c2ccccc2)sc1C(=O)N1CCC(N2CCNCC2)C1.Cl. The van der Waals surface area contributed by atoms with Crippen LogP contribution in [0.2, 0.25) is 0 Å². The second kappa shape index (κ2) is 9.06. The second-order valence-corrected chi connectivity index (χ2v) is 7.91. The Kier molecular flexibility index (Phi) is 6.76. The van der Waals surface area contributed by atoms with E-state index < -0.39 is 0 Å². The summed E-state index contributed by atoms with van der Waals surface area (Å²) in [6.07, 6.45) is 1.06. The molecule has 2 aromatic rings. The molecule has 5 nitrogen and oxygen atoms in total. The number of piperazine rings is 1. The zero-order valence-electron chi connectivity index (χ0n) is 15.5. The summed E-state index contributed by atoms with van der Waals surface area (Å²) in [5, 5.41) is 3.39. The van der Waals surface area contributed by atoms with Gasteiger partial charge in [-0.05, 0) is 18.1 Å². The van der Waals surface area contributed by atoms with Crippen LogP contribution in [0.25, 0.3) is 10.4 Å². The van der Waals surface area contributed by atoms with Crippen molar-refractivity contribution in [3.8, 4) is 16.2 Å². The molecule has 2 aliphatic rings. The standard InChI is InChI=1S/C20H25N3O2S.ClH/c1-25-17-13-18(15-5-3-2-4-6-15)26-19(17)20(24)23-10-7-16(14-23)22-11-8-21-9-12-22;/h2-6,13,16,21H,7-12,14H2,1H3;1H. The topological polar surface area (TPSA) is 44.8 Å². The maximum atomic E-state index is 13.1. The minimum atomic E-state index is 0. The zero-order chi connectivity index (χ0) is 17.9. The van der Waals surface area contributed by atoms with Crippen molar-refractivity contribution >= 4 is 29.7 Å². The van der Waals surface area contributed by atoms with Gasteiger partial charge in [0.05, 0.1) is 7.11 Å². The number of ether oxygens (including phenoxy) is 1. The lowest BCUT2D eigenvalue weighted by Gasteiger charge is -2.32. The van der Waals surface area contributed by atoms with Crippen LogP contribution < -0.4 is 10.1 Å². The highest BCUT2D eigenvalue weighted by Crippen LogP contribution is 2.37. The maximum absolute atomic E-state index is 13.1. The largest absolute Gasteiger partial charge is 0.495 e. The molecule has 4 rings (SSSR count). The number of likely N-dealkylation sites (tertiary alicyclic amines) is 1. The summed E-state index contributed by atoms with van der Waals surface area (Å²) in [5.74, 6) is 0.788. The van der Waals surface area contributed by atoms with Crippen LogP contribution in [0.1, 0.15) is 16.1 Å². The molecule has 2 fully saturated rings. The smallest absolute Gasteiger partial charge is 0.267 e. The van der Waals surface area contributed by atoms with Crippen LogP contribution in [0.5, 0.6) is 5.75 Å². The van der Waals surface area contributed by atoms with E-state index in [1.807, 2.05) is 29.2 Å². The number of rotatable bonds is 4. The van der Waals surface area contributed by atoms with Gasteiger partial charge < -0.3 is 15.0 Å². The highest BCUT2D eigenvalue weighted by molar-refractivity contribution is 7.17. The molecule has 0 radical (unpaired) electrons. The average Bonchev–Trinajstić information content (AvgIpc) is 3.36. The molecule has 1 atom stereocenters. The van der Waals surface area contributed by atoms with E-state index in [1.165, 1.54) is 11.3 Å². The number of carbonyl (C=O) groups excluding carboxylic acids is 1. The summed E-state index contributed by atoms with van der Waals surface area (Å²) >= 11 is 1.53. The number of methoxy groups -OCH3 is 1. The number of halogens is 1. The van der Waals surface area contributed by atoms with E-state index in [2.05, 4.69) is 22.3 Å². The Bertz CT molecular complexity index is 762. The number of hydrogen-bond acceptors (Lipinski definition) is 5. The van der Waals surface area contributed by atoms with Crippen LogP contribution in [0.4, 0.5) is 0 Å². The Morgan fingerprint density at radius 1 is 1.19 bits per heavy atom. The third-order valence-electron chi connectivity index (χ3n) is 5.29. The van der Waals surface area contributed by atoms with Crippen molar-refractivity contribution in [3.63, 3.8) is 0 Å². The molecule has 0 bridgehead atoms. The minimum Gasteiger partial charge on any atom is -0.495 e. The van der Waals surface area contributed by atoms with Gasteiger partial charge in [-0.15, -0.1) is 23.7 Å².